The van der Waals surface area contributed by atoms with Crippen molar-refractivity contribution in [1.82, 2.24) is 0 Å². The minimum atomic E-state index is 0.723. The number of hydrogen-bond donors (Lipinski definition) is 0. The smallest absolute Gasteiger partial charge is 0.0266 e. The first-order valence-corrected chi connectivity index (χ1v) is 10.1. The van der Waals surface area contributed by atoms with Gasteiger partial charge in [0.2, 0.25) is 0 Å². The topological polar surface area (TPSA) is 0 Å². The van der Waals surface area contributed by atoms with Gasteiger partial charge in [-0.1, -0.05) is 46.5 Å². The van der Waals surface area contributed by atoms with Gasteiger partial charge in [-0.25, -0.2) is 0 Å². The zero-order valence-electron chi connectivity index (χ0n) is 14.6. The van der Waals surface area contributed by atoms with Crippen molar-refractivity contribution in [3.8, 4) is 0 Å². The van der Waals surface area contributed by atoms with E-state index in [9.17, 15) is 0 Å². The molecule has 0 bridgehead atoms. The van der Waals surface area contributed by atoms with Gasteiger partial charge in [-0.2, -0.15) is 0 Å². The first-order valence-electron chi connectivity index (χ1n) is 10.1. The molecule has 120 valence electrons. The Bertz CT molecular complexity index is 385. The molecule has 0 radical (unpaired) electrons. The molecule has 21 heavy (non-hydrogen) atoms. The predicted molar refractivity (Wildman–Crippen MR) is 90.1 cm³/mol. The van der Waals surface area contributed by atoms with Crippen molar-refractivity contribution < 1.29 is 0 Å². The molecule has 4 aliphatic carbocycles. The van der Waals surface area contributed by atoms with Crippen LogP contribution < -0.4 is 0 Å². The third kappa shape index (κ3) is 2.07. The average Bonchev–Trinajstić information content (AvgIpc) is 2.83. The number of fused-ring (bicyclic) bond motifs is 5. The van der Waals surface area contributed by atoms with Crippen LogP contribution in [-0.2, 0) is 0 Å². The third-order valence-electron chi connectivity index (χ3n) is 8.98. The third-order valence-corrected chi connectivity index (χ3v) is 8.98. The highest BCUT2D eigenvalue weighted by molar-refractivity contribution is 5.06. The van der Waals surface area contributed by atoms with Crippen LogP contribution in [0.5, 0.6) is 0 Å². The Morgan fingerprint density at radius 2 is 1.76 bits per heavy atom. The van der Waals surface area contributed by atoms with Crippen LogP contribution in [0.2, 0.25) is 0 Å². The first kappa shape index (κ1) is 14.6. The van der Waals surface area contributed by atoms with Gasteiger partial charge >= 0.3 is 0 Å². The molecular weight excluding hydrogens is 252 g/mol. The van der Waals surface area contributed by atoms with Gasteiger partial charge in [0.05, 0.1) is 0 Å². The van der Waals surface area contributed by atoms with Gasteiger partial charge in [-0.05, 0) is 85.4 Å². The van der Waals surface area contributed by atoms with Gasteiger partial charge in [0.15, 0.2) is 0 Å². The van der Waals surface area contributed by atoms with E-state index in [1.807, 2.05) is 0 Å². The molecule has 0 amide bonds. The summed E-state index contributed by atoms with van der Waals surface area (Å²) >= 11 is 0. The SMILES string of the molecule is CC[C@H]1CC[C@H]2[C@@H]3CCC4CCCC(C)[C@H]4[C@H]3CC[C@]12C. The van der Waals surface area contributed by atoms with Crippen LogP contribution in [0.4, 0.5) is 0 Å². The molecule has 0 saturated heterocycles. The molecule has 0 aliphatic heterocycles. The molecule has 0 nitrogen and oxygen atoms in total. The van der Waals surface area contributed by atoms with Crippen LogP contribution in [0.1, 0.15) is 85.0 Å². The maximum Gasteiger partial charge on any atom is -0.0266 e. The molecule has 4 fully saturated rings. The van der Waals surface area contributed by atoms with Crippen molar-refractivity contribution in [3.05, 3.63) is 0 Å². The fourth-order valence-corrected chi connectivity index (χ4v) is 8.06. The Morgan fingerprint density at radius 3 is 2.57 bits per heavy atom. The van der Waals surface area contributed by atoms with Crippen molar-refractivity contribution in [2.45, 2.75) is 85.0 Å². The molecule has 0 aromatic rings. The van der Waals surface area contributed by atoms with Crippen LogP contribution in [-0.4, -0.2) is 0 Å². The Kier molecular flexibility index (Phi) is 3.66. The Hall–Kier alpha value is 0. The predicted octanol–water partition coefficient (Wildman–Crippen LogP) is 6.30. The van der Waals surface area contributed by atoms with Gasteiger partial charge in [-0.3, -0.25) is 0 Å². The molecule has 0 heterocycles. The number of rotatable bonds is 1. The maximum absolute atomic E-state index is 2.69. The molecular formula is C21H36. The molecule has 2 unspecified atom stereocenters. The highest BCUT2D eigenvalue weighted by Crippen LogP contribution is 2.65. The second-order valence-electron chi connectivity index (χ2n) is 9.48. The molecule has 0 aromatic carbocycles. The van der Waals surface area contributed by atoms with Crippen LogP contribution >= 0.6 is 0 Å². The lowest BCUT2D eigenvalue weighted by Gasteiger charge is -2.57. The van der Waals surface area contributed by atoms with Gasteiger partial charge in [0.25, 0.3) is 0 Å². The minimum absolute atomic E-state index is 0.723. The summed E-state index contributed by atoms with van der Waals surface area (Å²) in [4.78, 5) is 0. The van der Waals surface area contributed by atoms with E-state index in [1.54, 1.807) is 44.9 Å². The van der Waals surface area contributed by atoms with E-state index in [0.717, 1.165) is 46.8 Å². The van der Waals surface area contributed by atoms with Gasteiger partial charge in [-0.15, -0.1) is 0 Å². The normalized spacial score (nSPS) is 56.4. The molecule has 0 heteroatoms. The Labute approximate surface area is 132 Å². The van der Waals surface area contributed by atoms with Crippen LogP contribution in [0, 0.1) is 46.8 Å². The van der Waals surface area contributed by atoms with Crippen molar-refractivity contribution in [2.24, 2.45) is 46.8 Å². The van der Waals surface area contributed by atoms with Crippen molar-refractivity contribution >= 4 is 0 Å². The lowest BCUT2D eigenvalue weighted by molar-refractivity contribution is -0.0779. The zero-order chi connectivity index (χ0) is 14.6. The van der Waals surface area contributed by atoms with Gasteiger partial charge in [0.1, 0.15) is 0 Å². The van der Waals surface area contributed by atoms with E-state index in [-0.39, 0.29) is 0 Å². The van der Waals surface area contributed by atoms with Crippen LogP contribution in [0.3, 0.4) is 0 Å². The monoisotopic (exact) mass is 288 g/mol. The first-order chi connectivity index (χ1) is 10.1. The molecule has 8 atom stereocenters. The Balaban J connectivity index is 1.60. The Morgan fingerprint density at radius 1 is 0.905 bits per heavy atom. The van der Waals surface area contributed by atoms with E-state index in [2.05, 4.69) is 20.8 Å². The minimum Gasteiger partial charge on any atom is -0.0651 e. The summed E-state index contributed by atoms with van der Waals surface area (Å²) < 4.78 is 0. The van der Waals surface area contributed by atoms with E-state index >= 15 is 0 Å². The van der Waals surface area contributed by atoms with E-state index in [1.165, 1.54) is 19.3 Å². The fourth-order valence-electron chi connectivity index (χ4n) is 8.06. The molecule has 0 aromatic heterocycles. The van der Waals surface area contributed by atoms with Gasteiger partial charge < -0.3 is 0 Å². The van der Waals surface area contributed by atoms with Gasteiger partial charge in [0, 0.05) is 0 Å². The second-order valence-corrected chi connectivity index (χ2v) is 9.48. The van der Waals surface area contributed by atoms with Crippen molar-refractivity contribution in [1.29, 1.82) is 0 Å². The van der Waals surface area contributed by atoms with Crippen molar-refractivity contribution in [3.63, 3.8) is 0 Å². The summed E-state index contributed by atoms with van der Waals surface area (Å²) in [7, 11) is 0. The summed E-state index contributed by atoms with van der Waals surface area (Å²) in [6, 6.07) is 0. The molecule has 4 rings (SSSR count). The summed E-state index contributed by atoms with van der Waals surface area (Å²) in [5.41, 5.74) is 0.723. The average molecular weight is 289 g/mol. The molecule has 0 N–H and O–H groups in total. The standard InChI is InChI=1S/C21H36/c1-4-16-9-11-19-17-10-8-15-7-5-6-14(2)20(15)18(17)12-13-21(16,19)3/h14-20H,4-13H2,1-3H3/t14?,15?,16-,17+,18-,19-,20+,21+/m0/s1. The maximum atomic E-state index is 2.69. The summed E-state index contributed by atoms with van der Waals surface area (Å²) in [5, 5.41) is 0. The lowest BCUT2D eigenvalue weighted by atomic mass is 9.48. The molecule has 4 saturated carbocycles. The highest BCUT2D eigenvalue weighted by Gasteiger charge is 2.56. The summed E-state index contributed by atoms with van der Waals surface area (Å²) in [6.07, 6.45) is 15.5. The second kappa shape index (κ2) is 5.27. The van der Waals surface area contributed by atoms with E-state index in [4.69, 9.17) is 0 Å². The van der Waals surface area contributed by atoms with Crippen LogP contribution in [0.25, 0.3) is 0 Å². The van der Waals surface area contributed by atoms with E-state index < -0.39 is 0 Å². The quantitative estimate of drug-likeness (QED) is 0.531. The van der Waals surface area contributed by atoms with Crippen molar-refractivity contribution in [2.75, 3.05) is 0 Å². The summed E-state index contributed by atoms with van der Waals surface area (Å²) in [5.74, 6) is 7.63. The highest BCUT2D eigenvalue weighted by atomic mass is 14.6. The molecule has 0 spiro atoms. The zero-order valence-corrected chi connectivity index (χ0v) is 14.6. The van der Waals surface area contributed by atoms with Crippen LogP contribution in [0.15, 0.2) is 0 Å². The lowest BCUT2D eigenvalue weighted by Crippen LogP contribution is -2.49. The fraction of sp³-hybridized carbons (Fsp3) is 1.00. The number of hydrogen-bond acceptors (Lipinski definition) is 0. The molecule has 4 aliphatic rings. The van der Waals surface area contributed by atoms with E-state index in [0.29, 0.717) is 0 Å². The summed E-state index contributed by atoms with van der Waals surface area (Å²) in [6.45, 7) is 7.73. The largest absolute Gasteiger partial charge is 0.0651 e.